The van der Waals surface area contributed by atoms with Gasteiger partial charge in [-0.2, -0.15) is 5.26 Å². The summed E-state index contributed by atoms with van der Waals surface area (Å²) in [6.45, 7) is 4.07. The summed E-state index contributed by atoms with van der Waals surface area (Å²) in [5.74, 6) is -0.264. The van der Waals surface area contributed by atoms with Gasteiger partial charge >= 0.3 is 0 Å². The van der Waals surface area contributed by atoms with Crippen LogP contribution in [0.4, 0.5) is 22.2 Å². The van der Waals surface area contributed by atoms with Crippen molar-refractivity contribution in [2.75, 3.05) is 16.4 Å². The van der Waals surface area contributed by atoms with Crippen molar-refractivity contribution in [3.05, 3.63) is 100 Å². The van der Waals surface area contributed by atoms with Crippen LogP contribution in [0.5, 0.6) is 0 Å². The summed E-state index contributed by atoms with van der Waals surface area (Å²) in [6, 6.07) is 25.0. The predicted molar refractivity (Wildman–Crippen MR) is 157 cm³/mol. The maximum atomic E-state index is 13.8. The van der Waals surface area contributed by atoms with E-state index in [9.17, 15) is 10.1 Å². The Morgan fingerprint density at radius 2 is 1.82 bits per heavy atom. The van der Waals surface area contributed by atoms with E-state index in [4.69, 9.17) is 17.3 Å². The lowest BCUT2D eigenvalue weighted by Gasteiger charge is -2.11. The highest BCUT2D eigenvalue weighted by atomic mass is 35.5. The van der Waals surface area contributed by atoms with Gasteiger partial charge < -0.3 is 16.4 Å². The number of hydrogen-bond acceptors (Lipinski definition) is 6. The van der Waals surface area contributed by atoms with Crippen LogP contribution >= 0.6 is 22.9 Å². The number of nitrogens with zero attached hydrogens (tertiary/aromatic N) is 2. The van der Waals surface area contributed by atoms with Crippen LogP contribution in [0, 0.1) is 18.3 Å². The fourth-order valence-corrected chi connectivity index (χ4v) is 5.65. The molecule has 0 fully saturated rings. The van der Waals surface area contributed by atoms with Gasteiger partial charge in [0.15, 0.2) is 0 Å². The molecule has 0 radical (unpaired) electrons. The predicted octanol–water partition coefficient (Wildman–Crippen LogP) is 7.94. The molecule has 4 N–H and O–H groups in total. The number of pyridine rings is 1. The molecule has 5 rings (SSSR count). The Balaban J connectivity index is 1.72. The Morgan fingerprint density at radius 3 is 2.47 bits per heavy atom. The Kier molecular flexibility index (Phi) is 7.01. The van der Waals surface area contributed by atoms with Crippen molar-refractivity contribution in [1.29, 1.82) is 5.26 Å². The van der Waals surface area contributed by atoms with Crippen LogP contribution in [-0.2, 0) is 6.42 Å². The van der Waals surface area contributed by atoms with Gasteiger partial charge in [-0.15, -0.1) is 11.3 Å². The van der Waals surface area contributed by atoms with E-state index in [1.54, 1.807) is 12.1 Å². The normalized spacial score (nSPS) is 10.8. The number of nitrogens with two attached hydrogens (primary N) is 1. The molecule has 8 heteroatoms. The fraction of sp³-hybridized carbons (Fsp3) is 0.100. The number of aromatic nitrogens is 1. The zero-order chi connectivity index (χ0) is 26.8. The summed E-state index contributed by atoms with van der Waals surface area (Å²) in [7, 11) is 0. The number of rotatable bonds is 6. The van der Waals surface area contributed by atoms with Crippen molar-refractivity contribution in [3.63, 3.8) is 0 Å². The topological polar surface area (TPSA) is 104 Å². The van der Waals surface area contributed by atoms with Gasteiger partial charge in [0.25, 0.3) is 5.91 Å². The van der Waals surface area contributed by atoms with Gasteiger partial charge in [0, 0.05) is 22.0 Å². The molecule has 0 bridgehead atoms. The molecule has 0 saturated heterocycles. The molecule has 1 amide bonds. The highest BCUT2D eigenvalue weighted by Gasteiger charge is 2.26. The lowest BCUT2D eigenvalue weighted by Crippen LogP contribution is -2.13. The zero-order valence-electron chi connectivity index (χ0n) is 20.8. The average Bonchev–Trinajstić information content (AvgIpc) is 3.26. The number of aryl methyl sites for hydroxylation is 2. The molecule has 0 aliphatic carbocycles. The zero-order valence-corrected chi connectivity index (χ0v) is 22.4. The second-order valence-electron chi connectivity index (χ2n) is 8.85. The molecule has 0 aliphatic heterocycles. The molecule has 0 saturated carbocycles. The van der Waals surface area contributed by atoms with E-state index in [0.29, 0.717) is 37.1 Å². The number of nitrogen functional groups attached to an aromatic ring is 1. The van der Waals surface area contributed by atoms with Crippen LogP contribution in [-0.4, -0.2) is 10.9 Å². The first-order chi connectivity index (χ1) is 18.4. The van der Waals surface area contributed by atoms with E-state index in [0.717, 1.165) is 23.2 Å². The van der Waals surface area contributed by atoms with E-state index >= 15 is 0 Å². The second-order valence-corrected chi connectivity index (χ2v) is 10.3. The Morgan fingerprint density at radius 1 is 1.08 bits per heavy atom. The second kappa shape index (κ2) is 10.5. The first kappa shape index (κ1) is 25.3. The van der Waals surface area contributed by atoms with Gasteiger partial charge in [-0.05, 0) is 66.4 Å². The number of hydrogen-bond donors (Lipinski definition) is 3. The number of anilines is 4. The largest absolute Gasteiger partial charge is 0.383 e. The monoisotopic (exact) mass is 537 g/mol. The van der Waals surface area contributed by atoms with E-state index in [2.05, 4.69) is 28.6 Å². The molecule has 5 aromatic rings. The SMILES string of the molecule is CCc1ccc(Nc2sc3c(-c4ccc(Cl)cc4)c(C#N)c(N)nc3c2C(=O)Nc2cccc(C)c2)cc1. The summed E-state index contributed by atoms with van der Waals surface area (Å²) < 4.78 is 0.681. The number of carbonyl (C=O) groups is 1. The highest BCUT2D eigenvalue weighted by molar-refractivity contribution is 7.24. The number of benzene rings is 3. The lowest BCUT2D eigenvalue weighted by atomic mass is 10.00. The van der Waals surface area contributed by atoms with Crippen molar-refractivity contribution in [2.45, 2.75) is 20.3 Å². The van der Waals surface area contributed by atoms with Crippen molar-refractivity contribution >= 4 is 61.3 Å². The first-order valence-corrected chi connectivity index (χ1v) is 13.2. The van der Waals surface area contributed by atoms with Crippen molar-refractivity contribution < 1.29 is 4.79 Å². The Bertz CT molecular complexity index is 1700. The summed E-state index contributed by atoms with van der Waals surface area (Å²) in [6.07, 6.45) is 0.928. The number of thiophene rings is 1. The molecule has 0 atom stereocenters. The van der Waals surface area contributed by atoms with E-state index < -0.39 is 0 Å². The molecule has 0 aliphatic rings. The van der Waals surface area contributed by atoms with Crippen molar-refractivity contribution in [2.24, 2.45) is 0 Å². The number of fused-ring (bicyclic) bond motifs is 1. The molecule has 2 heterocycles. The molecule has 0 unspecified atom stereocenters. The van der Waals surface area contributed by atoms with E-state index in [1.165, 1.54) is 16.9 Å². The fourth-order valence-electron chi connectivity index (χ4n) is 4.29. The van der Waals surface area contributed by atoms with Gasteiger partial charge in [0.05, 0.1) is 10.2 Å². The molecule has 38 heavy (non-hydrogen) atoms. The Hall–Kier alpha value is -4.38. The van der Waals surface area contributed by atoms with Crippen molar-refractivity contribution in [3.8, 4) is 17.2 Å². The van der Waals surface area contributed by atoms with Gasteiger partial charge in [0.2, 0.25) is 0 Å². The number of halogens is 1. The summed E-state index contributed by atoms with van der Waals surface area (Å²) >= 11 is 7.49. The summed E-state index contributed by atoms with van der Waals surface area (Å²) in [5, 5.41) is 17.6. The van der Waals surface area contributed by atoms with Crippen molar-refractivity contribution in [1.82, 2.24) is 4.98 Å². The van der Waals surface area contributed by atoms with Crippen LogP contribution in [0.3, 0.4) is 0 Å². The molecular weight excluding hydrogens is 514 g/mol. The maximum absolute atomic E-state index is 13.8. The third-order valence-electron chi connectivity index (χ3n) is 6.22. The molecule has 188 valence electrons. The molecule has 0 spiro atoms. The first-order valence-electron chi connectivity index (χ1n) is 12.0. The van der Waals surface area contributed by atoms with Gasteiger partial charge in [-0.1, -0.05) is 54.9 Å². The van der Waals surface area contributed by atoms with Crippen LogP contribution in [0.2, 0.25) is 5.02 Å². The minimum absolute atomic E-state index is 0.0613. The lowest BCUT2D eigenvalue weighted by molar-refractivity contribution is 0.102. The average molecular weight is 538 g/mol. The third-order valence-corrected chi connectivity index (χ3v) is 7.58. The van der Waals surface area contributed by atoms with Crippen LogP contribution in [0.1, 0.15) is 34.0 Å². The molecule has 6 nitrogen and oxygen atoms in total. The summed E-state index contributed by atoms with van der Waals surface area (Å²) in [4.78, 5) is 18.3. The van der Waals surface area contributed by atoms with Gasteiger partial charge in [0.1, 0.15) is 28.0 Å². The van der Waals surface area contributed by atoms with Crippen LogP contribution in [0.25, 0.3) is 21.3 Å². The Labute approximate surface area is 229 Å². The number of carbonyl (C=O) groups excluding carboxylic acids is 1. The number of amides is 1. The minimum atomic E-state index is -0.326. The van der Waals surface area contributed by atoms with Crippen LogP contribution in [0.15, 0.2) is 72.8 Å². The summed E-state index contributed by atoms with van der Waals surface area (Å²) in [5.41, 5.74) is 12.5. The molecule has 2 aromatic heterocycles. The number of nitriles is 1. The highest BCUT2D eigenvalue weighted by Crippen LogP contribution is 2.44. The van der Waals surface area contributed by atoms with Gasteiger partial charge in [-0.3, -0.25) is 4.79 Å². The van der Waals surface area contributed by atoms with E-state index in [1.807, 2.05) is 67.6 Å². The molecule has 3 aromatic carbocycles. The molecular formula is C30H24ClN5OS. The van der Waals surface area contributed by atoms with Crippen LogP contribution < -0.4 is 16.4 Å². The minimum Gasteiger partial charge on any atom is -0.383 e. The number of nitrogens with one attached hydrogen (secondary N) is 2. The maximum Gasteiger partial charge on any atom is 0.260 e. The standard InChI is InChI=1S/C30H24ClN5OS/c1-3-18-7-13-21(14-8-18)35-30-25(29(37)34-22-6-4-5-17(2)15-22)26-27(38-30)24(23(16-32)28(33)36-26)19-9-11-20(31)12-10-19/h4-15,35H,3H2,1-2H3,(H2,33,36)(H,34,37). The quantitative estimate of drug-likeness (QED) is 0.204. The third kappa shape index (κ3) is 4.92. The smallest absolute Gasteiger partial charge is 0.260 e. The van der Waals surface area contributed by atoms with E-state index in [-0.39, 0.29) is 17.3 Å². The van der Waals surface area contributed by atoms with Gasteiger partial charge in [-0.25, -0.2) is 4.98 Å².